The smallest absolute Gasteiger partial charge is 0.221 e. The summed E-state index contributed by atoms with van der Waals surface area (Å²) in [5.74, 6) is -0.952. The Morgan fingerprint density at radius 3 is 1.45 bits per heavy atom. The van der Waals surface area contributed by atoms with Gasteiger partial charge in [0.15, 0.2) is 0 Å². The summed E-state index contributed by atoms with van der Waals surface area (Å²) in [5, 5.41) is 22.5. The monoisotopic (exact) mass is 308 g/mol. The third-order valence-corrected chi connectivity index (χ3v) is 3.83. The molecule has 0 radical (unpaired) electrons. The van der Waals surface area contributed by atoms with Crippen LogP contribution in [0.5, 0.6) is 0 Å². The van der Waals surface area contributed by atoms with Gasteiger partial charge >= 0.3 is 0 Å². The first-order chi connectivity index (χ1) is 10.4. The molecule has 2 aromatic heterocycles. The lowest BCUT2D eigenvalue weighted by Crippen LogP contribution is -2.36. The number of furan rings is 2. The van der Waals surface area contributed by atoms with Gasteiger partial charge in [-0.05, 0) is 24.3 Å². The van der Waals surface area contributed by atoms with Gasteiger partial charge in [0.1, 0.15) is 23.4 Å². The Morgan fingerprint density at radius 1 is 0.864 bits per heavy atom. The molecule has 8 nitrogen and oxygen atoms in total. The van der Waals surface area contributed by atoms with E-state index < -0.39 is 33.8 Å². The van der Waals surface area contributed by atoms with Gasteiger partial charge in [0.2, 0.25) is 12.1 Å². The van der Waals surface area contributed by atoms with E-state index in [1.807, 2.05) is 0 Å². The second-order valence-corrected chi connectivity index (χ2v) is 5.13. The maximum absolute atomic E-state index is 11.3. The molecule has 0 fully saturated rings. The van der Waals surface area contributed by atoms with Crippen LogP contribution in [0.3, 0.4) is 0 Å². The molecule has 0 saturated heterocycles. The fourth-order valence-electron chi connectivity index (χ4n) is 2.65. The predicted molar refractivity (Wildman–Crippen MR) is 75.8 cm³/mol. The van der Waals surface area contributed by atoms with Crippen LogP contribution in [-0.2, 0) is 0 Å². The highest BCUT2D eigenvalue weighted by molar-refractivity contribution is 5.19. The molecule has 2 heterocycles. The summed E-state index contributed by atoms with van der Waals surface area (Å²) in [6, 6.07) is 4.25. The molecule has 0 aliphatic rings. The minimum atomic E-state index is -1.07. The van der Waals surface area contributed by atoms with Gasteiger partial charge in [0.05, 0.1) is 12.5 Å². The molecule has 0 saturated carbocycles. The molecule has 0 amide bonds. The summed E-state index contributed by atoms with van der Waals surface area (Å²) in [7, 11) is 0. The summed E-state index contributed by atoms with van der Waals surface area (Å²) < 4.78 is 10.6. The third kappa shape index (κ3) is 3.00. The van der Waals surface area contributed by atoms with E-state index in [4.69, 9.17) is 8.83 Å². The Morgan fingerprint density at radius 2 is 1.23 bits per heavy atom. The van der Waals surface area contributed by atoms with Crippen LogP contribution in [0.2, 0.25) is 0 Å². The molecule has 4 unspecified atom stereocenters. The molecule has 0 spiro atoms. The molecule has 0 aromatic carbocycles. The van der Waals surface area contributed by atoms with Crippen molar-refractivity contribution in [1.82, 2.24) is 0 Å². The van der Waals surface area contributed by atoms with Crippen LogP contribution in [0, 0.1) is 20.2 Å². The lowest BCUT2D eigenvalue weighted by atomic mass is 9.79. The molecule has 0 aliphatic heterocycles. The first kappa shape index (κ1) is 15.7. The molecule has 22 heavy (non-hydrogen) atoms. The Hall–Kier alpha value is -2.64. The second kappa shape index (κ2) is 6.42. The van der Waals surface area contributed by atoms with Crippen LogP contribution in [0.15, 0.2) is 45.6 Å². The van der Waals surface area contributed by atoms with Crippen LogP contribution in [0.1, 0.15) is 37.2 Å². The van der Waals surface area contributed by atoms with Crippen molar-refractivity contribution >= 4 is 0 Å². The molecule has 0 bridgehead atoms. The van der Waals surface area contributed by atoms with Gasteiger partial charge in [-0.2, -0.15) is 0 Å². The van der Waals surface area contributed by atoms with E-state index in [2.05, 4.69) is 0 Å². The van der Waals surface area contributed by atoms with Gasteiger partial charge in [-0.15, -0.1) is 0 Å². The average Bonchev–Trinajstić information content (AvgIpc) is 3.15. The van der Waals surface area contributed by atoms with Crippen LogP contribution < -0.4 is 0 Å². The summed E-state index contributed by atoms with van der Waals surface area (Å²) in [6.07, 6.45) is 2.79. The van der Waals surface area contributed by atoms with Crippen molar-refractivity contribution in [2.75, 3.05) is 0 Å². The van der Waals surface area contributed by atoms with Gasteiger partial charge in [-0.1, -0.05) is 0 Å². The molecule has 0 aliphatic carbocycles. The lowest BCUT2D eigenvalue weighted by Gasteiger charge is -2.25. The zero-order chi connectivity index (χ0) is 16.3. The zero-order valence-electron chi connectivity index (χ0n) is 12.1. The fourth-order valence-corrected chi connectivity index (χ4v) is 2.65. The van der Waals surface area contributed by atoms with E-state index in [1.165, 1.54) is 26.4 Å². The van der Waals surface area contributed by atoms with E-state index in [0.717, 1.165) is 0 Å². The fraction of sp³-hybridized carbons (Fsp3) is 0.429. The number of rotatable bonds is 7. The maximum atomic E-state index is 11.3. The van der Waals surface area contributed by atoms with Crippen LogP contribution in [0.25, 0.3) is 0 Å². The van der Waals surface area contributed by atoms with Crippen molar-refractivity contribution in [2.24, 2.45) is 0 Å². The third-order valence-electron chi connectivity index (χ3n) is 3.83. The normalized spacial score (nSPS) is 16.6. The van der Waals surface area contributed by atoms with E-state index in [-0.39, 0.29) is 0 Å². The Bertz CT molecular complexity index is 566. The van der Waals surface area contributed by atoms with Crippen LogP contribution >= 0.6 is 0 Å². The van der Waals surface area contributed by atoms with Crippen molar-refractivity contribution in [1.29, 1.82) is 0 Å². The first-order valence-corrected chi connectivity index (χ1v) is 6.77. The van der Waals surface area contributed by atoms with Crippen molar-refractivity contribution in [2.45, 2.75) is 37.8 Å². The van der Waals surface area contributed by atoms with E-state index in [1.54, 1.807) is 24.3 Å². The molecule has 2 aromatic rings. The molecular weight excluding hydrogens is 292 g/mol. The molecular formula is C14H16N2O6. The highest BCUT2D eigenvalue weighted by Crippen LogP contribution is 2.40. The quantitative estimate of drug-likeness (QED) is 0.573. The summed E-state index contributed by atoms with van der Waals surface area (Å²) in [5.41, 5.74) is 0. The van der Waals surface area contributed by atoms with Crippen molar-refractivity contribution in [3.8, 4) is 0 Å². The highest BCUT2D eigenvalue weighted by Gasteiger charge is 2.46. The standard InChI is InChI=1S/C14H16N2O6/c1-9(15(17)18)13(11-5-3-7-21-11)14(10(2)16(19)20)12-6-4-8-22-12/h3-10,13-14H,1-2H3. The predicted octanol–water partition coefficient (Wildman–Crippen LogP) is 3.07. The molecule has 8 heteroatoms. The van der Waals surface area contributed by atoms with Gasteiger partial charge in [-0.25, -0.2) is 0 Å². The molecule has 2 rings (SSSR count). The Labute approximate surface area is 126 Å². The Balaban J connectivity index is 2.53. The number of hydrogen-bond donors (Lipinski definition) is 0. The summed E-state index contributed by atoms with van der Waals surface area (Å²) in [4.78, 5) is 21.6. The van der Waals surface area contributed by atoms with Gasteiger partial charge in [0.25, 0.3) is 0 Å². The van der Waals surface area contributed by atoms with E-state index >= 15 is 0 Å². The van der Waals surface area contributed by atoms with Gasteiger partial charge in [0, 0.05) is 23.7 Å². The first-order valence-electron chi connectivity index (χ1n) is 6.77. The topological polar surface area (TPSA) is 113 Å². The molecule has 118 valence electrons. The van der Waals surface area contributed by atoms with Crippen molar-refractivity contribution in [3.05, 3.63) is 68.5 Å². The summed E-state index contributed by atoms with van der Waals surface area (Å²) in [6.45, 7) is 2.82. The number of nitro groups is 2. The van der Waals surface area contributed by atoms with Crippen LogP contribution in [-0.4, -0.2) is 21.9 Å². The van der Waals surface area contributed by atoms with Gasteiger partial charge in [-0.3, -0.25) is 20.2 Å². The Kier molecular flexibility index (Phi) is 4.59. The zero-order valence-corrected chi connectivity index (χ0v) is 12.1. The van der Waals surface area contributed by atoms with Gasteiger partial charge < -0.3 is 8.83 Å². The minimum Gasteiger partial charge on any atom is -0.469 e. The van der Waals surface area contributed by atoms with Crippen LogP contribution in [0.4, 0.5) is 0 Å². The van der Waals surface area contributed by atoms with Crippen molar-refractivity contribution < 1.29 is 18.7 Å². The van der Waals surface area contributed by atoms with E-state index in [0.29, 0.717) is 11.5 Å². The largest absolute Gasteiger partial charge is 0.469 e. The number of hydrogen-bond acceptors (Lipinski definition) is 6. The lowest BCUT2D eigenvalue weighted by molar-refractivity contribution is -0.540. The van der Waals surface area contributed by atoms with Crippen molar-refractivity contribution in [3.63, 3.8) is 0 Å². The second-order valence-electron chi connectivity index (χ2n) is 5.13. The molecule has 0 N–H and O–H groups in total. The number of nitrogens with zero attached hydrogens (tertiary/aromatic N) is 2. The maximum Gasteiger partial charge on any atom is 0.221 e. The van der Waals surface area contributed by atoms with E-state index in [9.17, 15) is 20.2 Å². The highest BCUT2D eigenvalue weighted by atomic mass is 16.6. The average molecular weight is 308 g/mol. The summed E-state index contributed by atoms with van der Waals surface area (Å²) >= 11 is 0. The molecule has 4 atom stereocenters. The SMILES string of the molecule is CC(C(c1ccco1)C(c1ccco1)C(C)[N+](=O)[O-])[N+](=O)[O-]. The minimum absolute atomic E-state index is 0.333.